The van der Waals surface area contributed by atoms with Crippen LogP contribution in [0.1, 0.15) is 38.5 Å². The zero-order valence-electron chi connectivity index (χ0n) is 52.6. The summed E-state index contributed by atoms with van der Waals surface area (Å²) in [6, 6.07) is 121. The van der Waals surface area contributed by atoms with E-state index < -0.39 is 0 Å². The normalized spacial score (nSPS) is 19.4. The molecule has 3 aliphatic carbocycles. The molecular weight excluding hydrogens is 1130 g/mol. The number of piperidine rings is 2. The van der Waals surface area contributed by atoms with Gasteiger partial charge in [-0.05, 0) is 187 Å². The topological polar surface area (TPSA) is 9.72 Å². The summed E-state index contributed by atoms with van der Waals surface area (Å²) in [5.41, 5.74) is 31.5. The minimum atomic E-state index is -0.177. The Morgan fingerprint density at radius 1 is 0.277 bits per heavy atom. The van der Waals surface area contributed by atoms with E-state index in [2.05, 4.69) is 330 Å². The van der Waals surface area contributed by atoms with E-state index in [9.17, 15) is 0 Å². The van der Waals surface area contributed by atoms with E-state index in [0.29, 0.717) is 18.0 Å². The predicted octanol–water partition coefficient (Wildman–Crippen LogP) is 21.5. The molecule has 4 aliphatic heterocycles. The Morgan fingerprint density at radius 2 is 0.628 bits per heavy atom. The summed E-state index contributed by atoms with van der Waals surface area (Å²) in [7, 11) is 0. The molecule has 3 saturated carbocycles. The van der Waals surface area contributed by atoms with Gasteiger partial charge in [0.15, 0.2) is 0 Å². The third-order valence-electron chi connectivity index (χ3n) is 22.5. The smallest absolute Gasteiger partial charge is 0.252 e. The van der Waals surface area contributed by atoms with Gasteiger partial charge >= 0.3 is 0 Å². The molecule has 6 unspecified atom stereocenters. The molecule has 6 atom stereocenters. The first-order valence-electron chi connectivity index (χ1n) is 34.3. The van der Waals surface area contributed by atoms with Crippen LogP contribution in [0.3, 0.4) is 0 Å². The van der Waals surface area contributed by atoms with Gasteiger partial charge in [0, 0.05) is 62.8 Å². The molecule has 4 heterocycles. The SMILES string of the molecule is c1ccc(-c2ccc3c(c2)B2c4cc(-c5ccccc5)ccc4N(c4c(-c5ccccc5)cc(-c5ccccc5)cc4-c4ccccc4)c4cc(N5C6CC7CC5C5CCCC7C5C6)cc(c42)N3c2c(-c3ccccc3)cc(-c3ccccc3)cc2-c2ccccc2)cc1. The minimum absolute atomic E-state index is 0.177. The van der Waals surface area contributed by atoms with E-state index in [1.807, 2.05) is 0 Å². The fourth-order valence-electron chi connectivity index (χ4n) is 18.6. The van der Waals surface area contributed by atoms with Crippen molar-refractivity contribution in [2.75, 3.05) is 14.7 Å². The number of hydrogen-bond acceptors (Lipinski definition) is 3. The Bertz CT molecular complexity index is 4600. The fourth-order valence-corrected chi connectivity index (χ4v) is 18.6. The molecule has 13 aromatic carbocycles. The summed E-state index contributed by atoms with van der Waals surface area (Å²) in [6.07, 6.45) is 7.95. The van der Waals surface area contributed by atoms with Crippen molar-refractivity contribution in [1.29, 1.82) is 0 Å². The Kier molecular flexibility index (Phi) is 13.2. The molecule has 5 fully saturated rings. The van der Waals surface area contributed by atoms with Crippen LogP contribution in [0.5, 0.6) is 0 Å². The van der Waals surface area contributed by atoms with E-state index in [4.69, 9.17) is 0 Å². The molecule has 13 aromatic rings. The molecule has 7 aliphatic rings. The van der Waals surface area contributed by atoms with E-state index in [1.54, 1.807) is 0 Å². The second-order valence-corrected chi connectivity index (χ2v) is 27.3. The van der Waals surface area contributed by atoms with Gasteiger partial charge in [-0.15, -0.1) is 0 Å². The van der Waals surface area contributed by atoms with Crippen LogP contribution in [0.2, 0.25) is 0 Å². The summed E-state index contributed by atoms with van der Waals surface area (Å²) >= 11 is 0. The van der Waals surface area contributed by atoms with Gasteiger partial charge in [0.25, 0.3) is 6.71 Å². The fraction of sp³-hybridized carbons (Fsp3) is 0.133. The maximum absolute atomic E-state index is 3.03. The zero-order valence-corrected chi connectivity index (χ0v) is 52.6. The third-order valence-corrected chi connectivity index (χ3v) is 22.5. The summed E-state index contributed by atoms with van der Waals surface area (Å²) in [4.78, 5) is 8.58. The van der Waals surface area contributed by atoms with Crippen molar-refractivity contribution >= 4 is 62.9 Å². The number of hydrogen-bond donors (Lipinski definition) is 0. The van der Waals surface area contributed by atoms with E-state index in [0.717, 1.165) is 17.8 Å². The molecule has 4 heteroatoms. The number of fused-ring (bicyclic) bond motifs is 4. The molecule has 2 saturated heterocycles. The maximum Gasteiger partial charge on any atom is 0.252 e. The monoisotopic (exact) mass is 1200 g/mol. The molecule has 0 N–H and O–H groups in total. The highest BCUT2D eigenvalue weighted by atomic mass is 15.2. The molecule has 0 aromatic heterocycles. The van der Waals surface area contributed by atoms with Crippen LogP contribution in [0.25, 0.3) is 89.0 Å². The van der Waals surface area contributed by atoms with Crippen LogP contribution < -0.4 is 31.1 Å². The number of anilines is 7. The highest BCUT2D eigenvalue weighted by Crippen LogP contribution is 2.62. The van der Waals surface area contributed by atoms with Crippen molar-refractivity contribution in [2.45, 2.75) is 50.6 Å². The second kappa shape index (κ2) is 22.6. The van der Waals surface area contributed by atoms with Crippen LogP contribution in [-0.2, 0) is 0 Å². The van der Waals surface area contributed by atoms with Crippen molar-refractivity contribution in [2.24, 2.45) is 23.7 Å². The molecule has 94 heavy (non-hydrogen) atoms. The Hall–Kier alpha value is -10.7. The van der Waals surface area contributed by atoms with E-state index in [1.165, 1.54) is 184 Å². The lowest BCUT2D eigenvalue weighted by Crippen LogP contribution is -2.66. The lowest BCUT2D eigenvalue weighted by Gasteiger charge is -2.66. The lowest BCUT2D eigenvalue weighted by atomic mass is 9.33. The van der Waals surface area contributed by atoms with Crippen LogP contribution in [0.15, 0.2) is 315 Å². The zero-order chi connectivity index (χ0) is 61.8. The Balaban J connectivity index is 0.987. The number of benzene rings is 13. The number of nitrogens with zero attached hydrogens (tertiary/aromatic N) is 3. The molecule has 0 amide bonds. The molecule has 448 valence electrons. The summed E-state index contributed by atoms with van der Waals surface area (Å²) in [6.45, 7) is -0.177. The molecule has 20 rings (SSSR count). The van der Waals surface area contributed by atoms with Gasteiger partial charge in [-0.1, -0.05) is 273 Å². The predicted molar refractivity (Wildman–Crippen MR) is 396 cm³/mol. The summed E-state index contributed by atoms with van der Waals surface area (Å²) in [5.74, 6) is 3.22. The highest BCUT2D eigenvalue weighted by molar-refractivity contribution is 7.00. The van der Waals surface area contributed by atoms with Crippen molar-refractivity contribution in [1.82, 2.24) is 0 Å². The average molecular weight is 1200 g/mol. The minimum Gasteiger partial charge on any atom is -0.365 e. The quantitative estimate of drug-likeness (QED) is 0.120. The van der Waals surface area contributed by atoms with Gasteiger partial charge < -0.3 is 14.7 Å². The van der Waals surface area contributed by atoms with Crippen LogP contribution in [-0.4, -0.2) is 18.8 Å². The molecule has 3 nitrogen and oxygen atoms in total. The van der Waals surface area contributed by atoms with Gasteiger partial charge in [0.05, 0.1) is 11.4 Å². The van der Waals surface area contributed by atoms with Crippen molar-refractivity contribution in [3.05, 3.63) is 315 Å². The standard InChI is InChI=1S/C90H70BN3/c1-9-26-59(27-10-1)67-44-46-83-81(53-67)91-82-54-68(60-28-11-2-12-29-60)45-47-84(82)94(90-78(65-38-21-7-22-39-65)51-70(62-32-15-4-16-33-62)52-79(90)66-40-23-8-24-41-66)87-58-73(92-72-48-71-55-85(92)75-43-25-42-74(71)80(75)56-72)57-86(88(87)91)93(83)89-76(63-34-17-5-18-35-63)49-69(61-30-13-3-14-31-61)50-77(89)64-36-19-6-20-37-64/h1-24,26-41,44-47,49-54,57-58,71-72,74-75,80,85H,25,42-43,48,55-56H2. The van der Waals surface area contributed by atoms with Crippen LogP contribution in [0.4, 0.5) is 39.8 Å². The van der Waals surface area contributed by atoms with Crippen molar-refractivity contribution in [3.8, 4) is 89.0 Å². The first kappa shape index (κ1) is 55.0. The lowest BCUT2D eigenvalue weighted by molar-refractivity contribution is -0.0593. The third kappa shape index (κ3) is 9.01. The number of rotatable bonds is 11. The van der Waals surface area contributed by atoms with Gasteiger partial charge in [-0.3, -0.25) is 0 Å². The Morgan fingerprint density at radius 3 is 1.01 bits per heavy atom. The van der Waals surface area contributed by atoms with E-state index in [-0.39, 0.29) is 6.71 Å². The van der Waals surface area contributed by atoms with Gasteiger partial charge in [-0.25, -0.2) is 0 Å². The first-order chi connectivity index (χ1) is 46.6. The molecule has 0 spiro atoms. The maximum atomic E-state index is 3.03. The van der Waals surface area contributed by atoms with Gasteiger partial charge in [0.1, 0.15) is 0 Å². The Labute approximate surface area is 553 Å². The first-order valence-corrected chi connectivity index (χ1v) is 34.3. The second-order valence-electron chi connectivity index (χ2n) is 27.3. The highest BCUT2D eigenvalue weighted by Gasteiger charge is 2.58. The molecule has 6 bridgehead atoms. The summed E-state index contributed by atoms with van der Waals surface area (Å²) in [5, 5.41) is 0. The molecular formula is C90H70BN3. The van der Waals surface area contributed by atoms with E-state index >= 15 is 0 Å². The van der Waals surface area contributed by atoms with Crippen molar-refractivity contribution in [3.63, 3.8) is 0 Å². The van der Waals surface area contributed by atoms with Gasteiger partial charge in [-0.2, -0.15) is 0 Å². The van der Waals surface area contributed by atoms with Crippen LogP contribution in [0, 0.1) is 23.7 Å². The average Bonchev–Trinajstić information content (AvgIpc) is 0.688. The molecule has 0 radical (unpaired) electrons. The van der Waals surface area contributed by atoms with Gasteiger partial charge in [0.2, 0.25) is 0 Å². The summed E-state index contributed by atoms with van der Waals surface area (Å²) < 4.78 is 0. The van der Waals surface area contributed by atoms with Crippen LogP contribution >= 0.6 is 0 Å². The largest absolute Gasteiger partial charge is 0.365 e. The van der Waals surface area contributed by atoms with Crippen molar-refractivity contribution < 1.29 is 0 Å².